The van der Waals surface area contributed by atoms with Crippen molar-refractivity contribution in [2.24, 2.45) is 0 Å². The van der Waals surface area contributed by atoms with Gasteiger partial charge in [0, 0.05) is 38.5 Å². The van der Waals surface area contributed by atoms with Gasteiger partial charge in [-0.25, -0.2) is 13.4 Å². The number of nitrogens with zero attached hydrogens (tertiary/aromatic N) is 3. The van der Waals surface area contributed by atoms with E-state index in [2.05, 4.69) is 9.97 Å². The highest BCUT2D eigenvalue weighted by atomic mass is 32.2. The summed E-state index contributed by atoms with van der Waals surface area (Å²) in [5, 5.41) is 0. The van der Waals surface area contributed by atoms with E-state index in [1.54, 1.807) is 37.5 Å². The molecule has 0 radical (unpaired) electrons. The quantitative estimate of drug-likeness (QED) is 0.686. The SMILES string of the molecule is CCN(CCc1ccncc1)S(=O)(=O)c1ccc2nc(C)oc2c1. The van der Waals surface area contributed by atoms with Crippen LogP contribution < -0.4 is 0 Å². The molecular formula is C17H19N3O3S. The average molecular weight is 345 g/mol. The number of likely N-dealkylation sites (N-methyl/N-ethyl adjacent to an activating group) is 1. The van der Waals surface area contributed by atoms with E-state index < -0.39 is 10.0 Å². The number of pyridine rings is 1. The van der Waals surface area contributed by atoms with Gasteiger partial charge in [-0.05, 0) is 36.2 Å². The standard InChI is InChI=1S/C17H19N3O3S/c1-3-20(11-8-14-6-9-18-10-7-14)24(21,22)15-4-5-16-17(12-15)23-13(2)19-16/h4-7,9-10,12H,3,8,11H2,1-2H3. The van der Waals surface area contributed by atoms with Gasteiger partial charge >= 0.3 is 0 Å². The zero-order valence-electron chi connectivity index (χ0n) is 13.6. The number of aromatic nitrogens is 2. The first-order chi connectivity index (χ1) is 11.5. The predicted octanol–water partition coefficient (Wildman–Crippen LogP) is 2.78. The van der Waals surface area contributed by atoms with Gasteiger partial charge in [-0.3, -0.25) is 4.98 Å². The Morgan fingerprint density at radius 3 is 2.62 bits per heavy atom. The fourth-order valence-electron chi connectivity index (χ4n) is 2.58. The van der Waals surface area contributed by atoms with Gasteiger partial charge in [0.05, 0.1) is 4.90 Å². The first-order valence-corrected chi connectivity index (χ1v) is 9.21. The monoisotopic (exact) mass is 345 g/mol. The molecule has 0 amide bonds. The lowest BCUT2D eigenvalue weighted by atomic mass is 10.2. The van der Waals surface area contributed by atoms with Crippen LogP contribution in [-0.2, 0) is 16.4 Å². The Labute approximate surface area is 141 Å². The van der Waals surface area contributed by atoms with Crippen molar-refractivity contribution in [1.82, 2.24) is 14.3 Å². The van der Waals surface area contributed by atoms with Crippen LogP contribution in [0.15, 0.2) is 52.0 Å². The zero-order chi connectivity index (χ0) is 17.2. The first-order valence-electron chi connectivity index (χ1n) is 7.77. The summed E-state index contributed by atoms with van der Waals surface area (Å²) in [4.78, 5) is 8.39. The Kier molecular flexibility index (Phi) is 4.64. The van der Waals surface area contributed by atoms with Crippen LogP contribution >= 0.6 is 0 Å². The number of aryl methyl sites for hydroxylation is 1. The van der Waals surface area contributed by atoms with Crippen molar-refractivity contribution >= 4 is 21.1 Å². The lowest BCUT2D eigenvalue weighted by Gasteiger charge is -2.20. The Morgan fingerprint density at radius 2 is 1.92 bits per heavy atom. The summed E-state index contributed by atoms with van der Waals surface area (Å²) in [5.74, 6) is 0.518. The van der Waals surface area contributed by atoms with Crippen molar-refractivity contribution in [3.05, 3.63) is 54.2 Å². The van der Waals surface area contributed by atoms with Gasteiger partial charge < -0.3 is 4.42 Å². The molecule has 0 unspecified atom stereocenters. The van der Waals surface area contributed by atoms with Crippen molar-refractivity contribution in [2.45, 2.75) is 25.2 Å². The first kappa shape index (κ1) is 16.6. The van der Waals surface area contributed by atoms with Gasteiger partial charge in [-0.15, -0.1) is 0 Å². The minimum absolute atomic E-state index is 0.225. The van der Waals surface area contributed by atoms with Gasteiger partial charge in [0.25, 0.3) is 0 Å². The van der Waals surface area contributed by atoms with Crippen LogP contribution in [0.5, 0.6) is 0 Å². The number of hydrogen-bond acceptors (Lipinski definition) is 5. The molecule has 0 aliphatic carbocycles. The maximum absolute atomic E-state index is 12.9. The number of rotatable bonds is 6. The molecular weight excluding hydrogens is 326 g/mol. The third-order valence-electron chi connectivity index (χ3n) is 3.86. The molecule has 0 saturated heterocycles. The van der Waals surface area contributed by atoms with Crippen LogP contribution in [0.3, 0.4) is 0 Å². The molecule has 3 aromatic rings. The van der Waals surface area contributed by atoms with E-state index in [-0.39, 0.29) is 4.90 Å². The second-order valence-corrected chi connectivity index (χ2v) is 7.40. The van der Waals surface area contributed by atoms with Crippen molar-refractivity contribution in [1.29, 1.82) is 0 Å². The number of hydrogen-bond donors (Lipinski definition) is 0. The molecule has 3 rings (SSSR count). The molecule has 0 spiro atoms. The third-order valence-corrected chi connectivity index (χ3v) is 5.83. The highest BCUT2D eigenvalue weighted by Gasteiger charge is 2.23. The largest absolute Gasteiger partial charge is 0.441 e. The van der Waals surface area contributed by atoms with Crippen LogP contribution in [-0.4, -0.2) is 35.8 Å². The van der Waals surface area contributed by atoms with Crippen LogP contribution in [0.2, 0.25) is 0 Å². The average Bonchev–Trinajstić information content (AvgIpc) is 2.95. The molecule has 0 saturated carbocycles. The Morgan fingerprint density at radius 1 is 1.17 bits per heavy atom. The van der Waals surface area contributed by atoms with E-state index in [1.807, 2.05) is 19.1 Å². The molecule has 1 aromatic carbocycles. The normalized spacial score (nSPS) is 12.1. The number of oxazole rings is 1. The summed E-state index contributed by atoms with van der Waals surface area (Å²) >= 11 is 0. The second-order valence-electron chi connectivity index (χ2n) is 5.46. The van der Waals surface area contributed by atoms with Crippen LogP contribution in [0.25, 0.3) is 11.1 Å². The molecule has 0 N–H and O–H groups in total. The topological polar surface area (TPSA) is 76.3 Å². The summed E-state index contributed by atoms with van der Waals surface area (Å²) in [6.45, 7) is 4.39. The van der Waals surface area contributed by atoms with Crippen molar-refractivity contribution in [3.8, 4) is 0 Å². The van der Waals surface area contributed by atoms with E-state index in [1.165, 1.54) is 4.31 Å². The fourth-order valence-corrected chi connectivity index (χ4v) is 4.05. The maximum atomic E-state index is 12.9. The molecule has 0 aliphatic heterocycles. The molecule has 0 bridgehead atoms. The summed E-state index contributed by atoms with van der Waals surface area (Å²) < 4.78 is 32.7. The van der Waals surface area contributed by atoms with E-state index in [0.717, 1.165) is 5.56 Å². The predicted molar refractivity (Wildman–Crippen MR) is 91.1 cm³/mol. The molecule has 126 valence electrons. The number of fused-ring (bicyclic) bond motifs is 1. The van der Waals surface area contributed by atoms with Gasteiger partial charge in [0.15, 0.2) is 11.5 Å². The van der Waals surface area contributed by atoms with E-state index >= 15 is 0 Å². The van der Waals surface area contributed by atoms with Crippen LogP contribution in [0.1, 0.15) is 18.4 Å². The van der Waals surface area contributed by atoms with Gasteiger partial charge in [0.1, 0.15) is 5.52 Å². The zero-order valence-corrected chi connectivity index (χ0v) is 14.5. The molecule has 2 heterocycles. The van der Waals surface area contributed by atoms with Gasteiger partial charge in [-0.1, -0.05) is 6.92 Å². The van der Waals surface area contributed by atoms with Crippen molar-refractivity contribution < 1.29 is 12.8 Å². The lowest BCUT2D eigenvalue weighted by Crippen LogP contribution is -2.32. The van der Waals surface area contributed by atoms with Crippen LogP contribution in [0.4, 0.5) is 0 Å². The van der Waals surface area contributed by atoms with Crippen molar-refractivity contribution in [3.63, 3.8) is 0 Å². The maximum Gasteiger partial charge on any atom is 0.243 e. The molecule has 0 aliphatic rings. The third kappa shape index (κ3) is 3.32. The molecule has 2 aromatic heterocycles. The van der Waals surface area contributed by atoms with E-state index in [0.29, 0.717) is 36.5 Å². The smallest absolute Gasteiger partial charge is 0.243 e. The summed E-state index contributed by atoms with van der Waals surface area (Å²) in [6.07, 6.45) is 4.06. The van der Waals surface area contributed by atoms with Gasteiger partial charge in [-0.2, -0.15) is 4.31 Å². The highest BCUT2D eigenvalue weighted by molar-refractivity contribution is 7.89. The van der Waals surface area contributed by atoms with Crippen LogP contribution in [0, 0.1) is 6.92 Å². The summed E-state index contributed by atoms with van der Waals surface area (Å²) in [5.41, 5.74) is 2.20. The minimum atomic E-state index is -3.57. The fraction of sp³-hybridized carbons (Fsp3) is 0.294. The summed E-state index contributed by atoms with van der Waals surface area (Å²) in [7, 11) is -3.57. The Balaban J connectivity index is 1.85. The number of sulfonamides is 1. The Hall–Kier alpha value is -2.25. The molecule has 6 nitrogen and oxygen atoms in total. The Bertz CT molecular complexity index is 936. The van der Waals surface area contributed by atoms with Gasteiger partial charge in [0.2, 0.25) is 10.0 Å². The summed E-state index contributed by atoms with van der Waals surface area (Å²) in [6, 6.07) is 8.58. The molecule has 7 heteroatoms. The van der Waals surface area contributed by atoms with Crippen molar-refractivity contribution in [2.75, 3.05) is 13.1 Å². The molecule has 24 heavy (non-hydrogen) atoms. The molecule has 0 atom stereocenters. The second kappa shape index (κ2) is 6.70. The minimum Gasteiger partial charge on any atom is -0.441 e. The van der Waals surface area contributed by atoms with E-state index in [9.17, 15) is 8.42 Å². The van der Waals surface area contributed by atoms with E-state index in [4.69, 9.17) is 4.42 Å². The molecule has 0 fully saturated rings. The lowest BCUT2D eigenvalue weighted by molar-refractivity contribution is 0.431. The number of benzene rings is 1. The highest BCUT2D eigenvalue weighted by Crippen LogP contribution is 2.22.